The Kier molecular flexibility index (Phi) is 3.81. The normalized spacial score (nSPS) is 14.4. The van der Waals surface area contributed by atoms with Crippen molar-refractivity contribution in [1.29, 1.82) is 0 Å². The van der Waals surface area contributed by atoms with Crippen molar-refractivity contribution >= 4 is 21.4 Å². The summed E-state index contributed by atoms with van der Waals surface area (Å²) in [6.07, 6.45) is 1.56. The van der Waals surface area contributed by atoms with E-state index in [1.807, 2.05) is 12.1 Å². The molecule has 6 nitrogen and oxygen atoms in total. The van der Waals surface area contributed by atoms with Crippen LogP contribution in [0.4, 0.5) is 11.4 Å². The highest BCUT2D eigenvalue weighted by Gasteiger charge is 2.31. The number of non-ortho nitro benzene ring substituents is 1. The molecule has 1 aliphatic rings. The van der Waals surface area contributed by atoms with Crippen molar-refractivity contribution in [3.63, 3.8) is 0 Å². The molecule has 3 rings (SSSR count). The van der Waals surface area contributed by atoms with E-state index in [1.54, 1.807) is 19.1 Å². The Morgan fingerprint density at radius 1 is 1.17 bits per heavy atom. The van der Waals surface area contributed by atoms with Crippen LogP contribution in [-0.4, -0.2) is 19.9 Å². The number of sulfonamides is 1. The molecule has 1 aliphatic heterocycles. The van der Waals surface area contributed by atoms with Crippen molar-refractivity contribution in [3.05, 3.63) is 63.7 Å². The summed E-state index contributed by atoms with van der Waals surface area (Å²) in [5, 5.41) is 11.0. The predicted octanol–water partition coefficient (Wildman–Crippen LogP) is 3.04. The molecule has 23 heavy (non-hydrogen) atoms. The lowest BCUT2D eigenvalue weighted by Gasteiger charge is -2.30. The van der Waals surface area contributed by atoms with Gasteiger partial charge in [-0.15, -0.1) is 0 Å². The van der Waals surface area contributed by atoms with Crippen LogP contribution in [0.2, 0.25) is 0 Å². The van der Waals surface area contributed by atoms with Gasteiger partial charge in [0.25, 0.3) is 15.7 Å². The number of anilines is 1. The van der Waals surface area contributed by atoms with E-state index >= 15 is 0 Å². The SMILES string of the molecule is Cc1ccc([N+](=O)[O-])cc1S(=O)(=O)N1CCCc2ccccc21. The van der Waals surface area contributed by atoms with Crippen LogP contribution in [0.3, 0.4) is 0 Å². The second-order valence-electron chi connectivity index (χ2n) is 5.52. The van der Waals surface area contributed by atoms with Gasteiger partial charge in [-0.1, -0.05) is 24.3 Å². The molecular weight excluding hydrogens is 316 g/mol. The van der Waals surface area contributed by atoms with Gasteiger partial charge in [-0.05, 0) is 37.0 Å². The van der Waals surface area contributed by atoms with Crippen LogP contribution in [0.1, 0.15) is 17.5 Å². The average molecular weight is 332 g/mol. The zero-order chi connectivity index (χ0) is 16.6. The lowest BCUT2D eigenvalue weighted by atomic mass is 10.0. The number of nitro groups is 1. The molecule has 0 aromatic heterocycles. The Morgan fingerprint density at radius 2 is 1.91 bits per heavy atom. The summed E-state index contributed by atoms with van der Waals surface area (Å²) < 4.78 is 27.5. The van der Waals surface area contributed by atoms with E-state index in [0.717, 1.165) is 24.5 Å². The number of para-hydroxylation sites is 1. The number of nitro benzene ring substituents is 1. The quantitative estimate of drug-likeness (QED) is 0.639. The number of benzene rings is 2. The maximum absolute atomic E-state index is 13.0. The van der Waals surface area contributed by atoms with E-state index in [0.29, 0.717) is 17.8 Å². The molecule has 0 aliphatic carbocycles. The first-order valence-corrected chi connectivity index (χ1v) is 8.71. The molecular formula is C16H16N2O4S. The minimum Gasteiger partial charge on any atom is -0.266 e. The Bertz CT molecular complexity index is 877. The number of hydrogen-bond acceptors (Lipinski definition) is 4. The number of aryl methyl sites for hydroxylation is 2. The van der Waals surface area contributed by atoms with Gasteiger partial charge in [-0.3, -0.25) is 14.4 Å². The Hall–Kier alpha value is -2.41. The largest absolute Gasteiger partial charge is 0.270 e. The molecule has 7 heteroatoms. The standard InChI is InChI=1S/C16H16N2O4S/c1-12-8-9-14(18(19)20)11-16(12)23(21,22)17-10-4-6-13-5-2-3-7-15(13)17/h2-3,5,7-9,11H,4,6,10H2,1H3. The molecule has 0 atom stereocenters. The fraction of sp³-hybridized carbons (Fsp3) is 0.250. The molecule has 0 amide bonds. The third kappa shape index (κ3) is 2.68. The maximum Gasteiger partial charge on any atom is 0.270 e. The number of hydrogen-bond donors (Lipinski definition) is 0. The van der Waals surface area contributed by atoms with Gasteiger partial charge >= 0.3 is 0 Å². The molecule has 2 aromatic carbocycles. The Morgan fingerprint density at radius 3 is 2.65 bits per heavy atom. The maximum atomic E-state index is 13.0. The van der Waals surface area contributed by atoms with Crippen LogP contribution in [0.25, 0.3) is 0 Å². The zero-order valence-electron chi connectivity index (χ0n) is 12.6. The molecule has 0 radical (unpaired) electrons. The molecule has 0 N–H and O–H groups in total. The summed E-state index contributed by atoms with van der Waals surface area (Å²) in [5.41, 5.74) is 1.91. The highest BCUT2D eigenvalue weighted by Crippen LogP contribution is 2.33. The van der Waals surface area contributed by atoms with Crippen molar-refractivity contribution in [3.8, 4) is 0 Å². The molecule has 2 aromatic rings. The Balaban J connectivity index is 2.14. The van der Waals surface area contributed by atoms with Crippen molar-refractivity contribution in [2.24, 2.45) is 0 Å². The fourth-order valence-corrected chi connectivity index (χ4v) is 4.64. The minimum atomic E-state index is -3.83. The van der Waals surface area contributed by atoms with Crippen LogP contribution in [0.5, 0.6) is 0 Å². The molecule has 0 bridgehead atoms. The highest BCUT2D eigenvalue weighted by molar-refractivity contribution is 7.92. The monoisotopic (exact) mass is 332 g/mol. The number of fused-ring (bicyclic) bond motifs is 1. The van der Waals surface area contributed by atoms with Crippen molar-refractivity contribution < 1.29 is 13.3 Å². The van der Waals surface area contributed by atoms with E-state index in [1.165, 1.54) is 16.4 Å². The minimum absolute atomic E-state index is 0.0107. The zero-order valence-corrected chi connectivity index (χ0v) is 13.4. The molecule has 0 fully saturated rings. The Labute approximate surface area is 134 Å². The lowest BCUT2D eigenvalue weighted by molar-refractivity contribution is -0.385. The highest BCUT2D eigenvalue weighted by atomic mass is 32.2. The smallest absolute Gasteiger partial charge is 0.266 e. The molecule has 0 spiro atoms. The summed E-state index contributed by atoms with van der Waals surface area (Å²) >= 11 is 0. The first kappa shape index (κ1) is 15.5. The van der Waals surface area contributed by atoms with E-state index in [-0.39, 0.29) is 10.6 Å². The van der Waals surface area contributed by atoms with Crippen molar-refractivity contribution in [1.82, 2.24) is 0 Å². The number of rotatable bonds is 3. The van der Waals surface area contributed by atoms with Gasteiger partial charge in [0.1, 0.15) is 0 Å². The average Bonchev–Trinajstić information content (AvgIpc) is 2.54. The van der Waals surface area contributed by atoms with Crippen molar-refractivity contribution in [2.75, 3.05) is 10.8 Å². The fourth-order valence-electron chi connectivity index (χ4n) is 2.85. The first-order chi connectivity index (χ1) is 10.9. The third-order valence-electron chi connectivity index (χ3n) is 4.02. The summed E-state index contributed by atoms with van der Waals surface area (Å²) in [7, 11) is -3.83. The van der Waals surface area contributed by atoms with Gasteiger partial charge in [-0.25, -0.2) is 8.42 Å². The summed E-state index contributed by atoms with van der Waals surface area (Å²) in [5.74, 6) is 0. The van der Waals surface area contributed by atoms with Crippen molar-refractivity contribution in [2.45, 2.75) is 24.7 Å². The molecule has 0 unspecified atom stereocenters. The van der Waals surface area contributed by atoms with E-state index in [9.17, 15) is 18.5 Å². The van der Waals surface area contributed by atoms with Crippen LogP contribution in [0, 0.1) is 17.0 Å². The third-order valence-corrected chi connectivity index (χ3v) is 5.97. The van der Waals surface area contributed by atoms with Crippen LogP contribution >= 0.6 is 0 Å². The first-order valence-electron chi connectivity index (χ1n) is 7.27. The van der Waals surface area contributed by atoms with Gasteiger partial charge in [-0.2, -0.15) is 0 Å². The van der Waals surface area contributed by atoms with Gasteiger partial charge < -0.3 is 0 Å². The number of nitrogens with zero attached hydrogens (tertiary/aromatic N) is 2. The second kappa shape index (κ2) is 5.66. The summed E-state index contributed by atoms with van der Waals surface area (Å²) in [6.45, 7) is 2.02. The molecule has 120 valence electrons. The lowest BCUT2D eigenvalue weighted by Crippen LogP contribution is -2.35. The van der Waals surface area contributed by atoms with Gasteiger partial charge in [0.2, 0.25) is 0 Å². The molecule has 0 saturated carbocycles. The van der Waals surface area contributed by atoms with Gasteiger partial charge in [0, 0.05) is 18.7 Å². The van der Waals surface area contributed by atoms with Gasteiger partial charge in [0.15, 0.2) is 0 Å². The van der Waals surface area contributed by atoms with E-state index < -0.39 is 14.9 Å². The predicted molar refractivity (Wildman–Crippen MR) is 87.1 cm³/mol. The van der Waals surface area contributed by atoms with E-state index in [4.69, 9.17) is 0 Å². The summed E-state index contributed by atoms with van der Waals surface area (Å²) in [6, 6.07) is 11.3. The van der Waals surface area contributed by atoms with E-state index in [2.05, 4.69) is 0 Å². The van der Waals surface area contributed by atoms with Gasteiger partial charge in [0.05, 0.1) is 15.5 Å². The summed E-state index contributed by atoms with van der Waals surface area (Å²) in [4.78, 5) is 10.4. The van der Waals surface area contributed by atoms with Crippen LogP contribution < -0.4 is 4.31 Å². The van der Waals surface area contributed by atoms with Crippen LogP contribution in [0.15, 0.2) is 47.4 Å². The van der Waals surface area contributed by atoms with Crippen LogP contribution in [-0.2, 0) is 16.4 Å². The topological polar surface area (TPSA) is 80.5 Å². The molecule has 0 saturated heterocycles. The molecule has 1 heterocycles. The second-order valence-corrected chi connectivity index (χ2v) is 7.35.